The van der Waals surface area contributed by atoms with Crippen molar-refractivity contribution in [1.29, 1.82) is 0 Å². The number of hydrogen-bond donors (Lipinski definition) is 0. The molecule has 654 valence electrons. The summed E-state index contributed by atoms with van der Waals surface area (Å²) in [4.78, 5) is 21.5. The summed E-state index contributed by atoms with van der Waals surface area (Å²) in [5.41, 5.74) is 19.4. The van der Waals surface area contributed by atoms with Gasteiger partial charge in [0.15, 0.2) is 0 Å². The number of nitrogens with zero attached hydrogens (tertiary/aromatic N) is 6. The van der Waals surface area contributed by atoms with Gasteiger partial charge in [-0.05, 0) is 214 Å². The van der Waals surface area contributed by atoms with E-state index in [1.807, 2.05) is 68.0 Å². The lowest BCUT2D eigenvalue weighted by atomic mass is 9.82. The molecule has 0 aliphatic carbocycles. The summed E-state index contributed by atoms with van der Waals surface area (Å²) in [5.74, 6) is 0. The van der Waals surface area contributed by atoms with Gasteiger partial charge in [-0.1, -0.05) is 328 Å². The molecule has 0 unspecified atom stereocenters. The Kier molecular flexibility index (Phi) is 22.1. The van der Waals surface area contributed by atoms with Gasteiger partial charge >= 0.3 is 0 Å². The van der Waals surface area contributed by atoms with Gasteiger partial charge in [0.1, 0.15) is 30.0 Å². The summed E-state index contributed by atoms with van der Waals surface area (Å²) >= 11 is 11.1. The van der Waals surface area contributed by atoms with Crippen molar-refractivity contribution in [2.24, 2.45) is 0 Å². The maximum atomic E-state index is 2.50. The average Bonchev–Trinajstić information content (AvgIpc) is 1.51. The van der Waals surface area contributed by atoms with E-state index >= 15 is 0 Å². The van der Waals surface area contributed by atoms with E-state index in [0.717, 1.165) is 226 Å². The zero-order valence-electron chi connectivity index (χ0n) is 74.6. The quantitative estimate of drug-likeness (QED) is 0.0596. The van der Waals surface area contributed by atoms with Crippen molar-refractivity contribution in [3.63, 3.8) is 0 Å². The number of rotatable bonds is 24. The highest BCUT2D eigenvalue weighted by atomic mass is 32.1. The van der Waals surface area contributed by atoms with Crippen LogP contribution in [0.25, 0.3) is 127 Å². The predicted molar refractivity (Wildman–Crippen MR) is 599 cm³/mol. The summed E-state index contributed by atoms with van der Waals surface area (Å²) in [5, 5.41) is 20.2. The third kappa shape index (κ3) is 15.3. The molecule has 0 radical (unpaired) electrons. The van der Waals surface area contributed by atoms with Gasteiger partial charge in [-0.25, -0.2) is 0 Å². The maximum absolute atomic E-state index is 2.50. The summed E-state index contributed by atoms with van der Waals surface area (Å²) < 4.78 is 0. The highest BCUT2D eigenvalue weighted by molar-refractivity contribution is 7.23. The van der Waals surface area contributed by atoms with E-state index < -0.39 is 0 Å². The van der Waals surface area contributed by atoms with Gasteiger partial charge in [0.25, 0.3) is 0 Å². The Morgan fingerprint density at radius 1 is 0.109 bits per heavy atom. The molecule has 0 amide bonds. The first-order chi connectivity index (χ1) is 68.5. The van der Waals surface area contributed by atoms with Crippen molar-refractivity contribution in [2.45, 2.75) is 0 Å². The van der Waals surface area contributed by atoms with Crippen LogP contribution in [0.3, 0.4) is 0 Å². The molecule has 0 atom stereocenters. The van der Waals surface area contributed by atoms with Crippen LogP contribution in [0, 0.1) is 0 Å². The third-order valence-corrected chi connectivity index (χ3v) is 32.5. The molecule has 6 aromatic heterocycles. The van der Waals surface area contributed by atoms with Crippen LogP contribution in [0.2, 0.25) is 0 Å². The van der Waals surface area contributed by atoms with Crippen LogP contribution in [0.15, 0.2) is 510 Å². The lowest BCUT2D eigenvalue weighted by molar-refractivity contribution is 1.33. The van der Waals surface area contributed by atoms with Gasteiger partial charge < -0.3 is 29.4 Å². The minimum Gasteiger partial charge on any atom is -0.301 e. The van der Waals surface area contributed by atoms with E-state index in [1.165, 1.54) is 0 Å². The zero-order chi connectivity index (χ0) is 91.4. The molecule has 12 heteroatoms. The van der Waals surface area contributed by atoms with Crippen molar-refractivity contribution in [3.05, 3.63) is 510 Å². The Hall–Kier alpha value is -16.3. The molecular formula is C126H84N6S6. The first-order valence-corrected chi connectivity index (χ1v) is 51.2. The number of para-hydroxylation sites is 6. The van der Waals surface area contributed by atoms with Crippen LogP contribution in [-0.4, -0.2) is 0 Å². The highest BCUT2D eigenvalue weighted by Gasteiger charge is 2.37. The minimum atomic E-state index is 1.05. The Morgan fingerprint density at radius 3 is 0.391 bits per heavy atom. The summed E-state index contributed by atoms with van der Waals surface area (Å²) in [7, 11) is 0. The van der Waals surface area contributed by atoms with Gasteiger partial charge in [-0.3, -0.25) is 0 Å². The molecule has 0 fully saturated rings. The molecule has 0 aliphatic rings. The predicted octanol–water partition coefficient (Wildman–Crippen LogP) is 39.8. The highest BCUT2D eigenvalue weighted by Crippen LogP contribution is 2.65. The fourth-order valence-electron chi connectivity index (χ4n) is 19.9. The van der Waals surface area contributed by atoms with E-state index in [2.05, 4.69) is 539 Å². The van der Waals surface area contributed by atoms with Gasteiger partial charge in [-0.2, -0.15) is 0 Å². The van der Waals surface area contributed by atoms with Gasteiger partial charge in [0.2, 0.25) is 0 Å². The number of thiophene rings is 6. The van der Waals surface area contributed by atoms with Crippen molar-refractivity contribution in [1.82, 2.24) is 0 Å². The molecule has 0 bridgehead atoms. The minimum absolute atomic E-state index is 1.05. The van der Waals surface area contributed by atoms with Crippen molar-refractivity contribution in [2.75, 3.05) is 29.4 Å². The van der Waals surface area contributed by atoms with E-state index in [4.69, 9.17) is 0 Å². The SMILES string of the molecule is c1ccc(N(c2ccc(-c3c(-c4ccc(N(c5ccccc5)c5cccc6ccccc56)s4)c(-c4ccc(N(c5ccccc5)c5cccc6ccccc56)s4)c(-c4ccc(N(c5ccccc5)c5cccc6ccccc56)s4)c(-c4ccc(N(c5ccccc5)c5cccc6ccccc56)s4)c3-c3ccc(N(c4ccccc4)c4cccc5ccccc45)s3)s2)c2cccc3ccccc23)cc1. The molecule has 138 heavy (non-hydrogen) atoms. The molecule has 0 saturated heterocycles. The maximum Gasteiger partial charge on any atom is 0.101 e. The first kappa shape index (κ1) is 83.6. The second-order valence-electron chi connectivity index (χ2n) is 34.1. The molecule has 6 heterocycles. The summed E-state index contributed by atoms with van der Waals surface area (Å²) in [6.45, 7) is 0. The van der Waals surface area contributed by atoms with Crippen LogP contribution >= 0.6 is 68.0 Å². The second-order valence-corrected chi connectivity index (χ2v) is 40.5. The summed E-state index contributed by atoms with van der Waals surface area (Å²) in [6, 6.07) is 189. The number of anilines is 18. The molecule has 19 aromatic carbocycles. The standard InChI is InChI=1S/C126H84N6S6/c1-7-49-91(50-8-1)127(103-67-31-43-85-37-19-25-61-97(85)103)115-79-73-109(133-115)121-122(110-74-80-116(134-110)128(92-51-9-2-10-52-92)104-68-32-44-86-38-20-26-62-98(86)104)124(112-76-82-118(136-112)130(94-55-13-4-14-56-94)106-70-34-46-88-40-22-28-64-100(88)106)126(114-78-84-120(138-114)132(96-59-17-6-18-60-96)108-72-36-48-90-42-24-30-66-102(90)108)125(113-77-83-119(137-113)131(95-57-15-5-16-58-95)107-71-35-47-89-41-23-29-65-101(89)107)123(121)111-75-81-117(135-111)129(93-53-11-3-12-54-93)105-69-33-45-87-39-21-27-63-99(87)105/h1-84H. The molecule has 0 saturated carbocycles. The molecule has 6 nitrogen and oxygen atoms in total. The Labute approximate surface area is 825 Å². The fraction of sp³-hybridized carbons (Fsp3) is 0. The molecule has 0 N–H and O–H groups in total. The molecule has 0 spiro atoms. The van der Waals surface area contributed by atoms with Crippen molar-refractivity contribution >= 4 is 231 Å². The van der Waals surface area contributed by atoms with Crippen LogP contribution in [-0.2, 0) is 0 Å². The Balaban J connectivity index is 0.872. The zero-order valence-corrected chi connectivity index (χ0v) is 79.5. The number of fused-ring (bicyclic) bond motifs is 6. The topological polar surface area (TPSA) is 19.4 Å². The van der Waals surface area contributed by atoms with E-state index in [1.54, 1.807) is 0 Å². The monoisotopic (exact) mass is 1870 g/mol. The molecular weight excluding hydrogens is 1790 g/mol. The Morgan fingerprint density at radius 2 is 0.239 bits per heavy atom. The first-order valence-electron chi connectivity index (χ1n) is 46.3. The van der Waals surface area contributed by atoms with E-state index in [-0.39, 0.29) is 0 Å². The third-order valence-electron chi connectivity index (χ3n) is 26.0. The second kappa shape index (κ2) is 36.5. The fourth-order valence-corrected chi connectivity index (χ4v) is 26.5. The van der Waals surface area contributed by atoms with Crippen LogP contribution in [0.1, 0.15) is 0 Å². The number of hydrogen-bond acceptors (Lipinski definition) is 12. The van der Waals surface area contributed by atoms with Gasteiger partial charge in [-0.15, -0.1) is 68.0 Å². The van der Waals surface area contributed by atoms with Crippen LogP contribution < -0.4 is 29.4 Å². The molecule has 25 aromatic rings. The molecule has 25 rings (SSSR count). The number of benzene rings is 19. The van der Waals surface area contributed by atoms with Gasteiger partial charge in [0, 0.05) is 129 Å². The van der Waals surface area contributed by atoms with E-state index in [0.29, 0.717) is 0 Å². The van der Waals surface area contributed by atoms with Gasteiger partial charge in [0.05, 0.1) is 34.1 Å². The van der Waals surface area contributed by atoms with Crippen molar-refractivity contribution < 1.29 is 0 Å². The lowest BCUT2D eigenvalue weighted by Gasteiger charge is -2.28. The average molecular weight is 1870 g/mol. The molecule has 0 aliphatic heterocycles. The summed E-state index contributed by atoms with van der Waals surface area (Å²) in [6.07, 6.45) is 0. The Bertz CT molecular complexity index is 7420. The lowest BCUT2D eigenvalue weighted by Crippen LogP contribution is -2.08. The van der Waals surface area contributed by atoms with Crippen LogP contribution in [0.4, 0.5) is 98.3 Å². The van der Waals surface area contributed by atoms with Crippen LogP contribution in [0.5, 0.6) is 0 Å². The normalized spacial score (nSPS) is 11.5. The van der Waals surface area contributed by atoms with E-state index in [9.17, 15) is 0 Å². The smallest absolute Gasteiger partial charge is 0.101 e. The largest absolute Gasteiger partial charge is 0.301 e. The van der Waals surface area contributed by atoms with Crippen molar-refractivity contribution in [3.8, 4) is 62.6 Å².